The maximum atomic E-state index is 11.0. The molecule has 0 aliphatic carbocycles. The number of carbonyl (C=O) groups is 1. The molecule has 0 radical (unpaired) electrons. The average molecular weight is 253 g/mol. The first-order chi connectivity index (χ1) is 8.67. The lowest BCUT2D eigenvalue weighted by molar-refractivity contribution is -0.385. The summed E-state index contributed by atoms with van der Waals surface area (Å²) in [6.07, 6.45) is 0.251. The van der Waals surface area contributed by atoms with Crippen LogP contribution in [-0.4, -0.2) is 31.2 Å². The molecule has 0 spiro atoms. The topological polar surface area (TPSA) is 91.2 Å². The number of benzene rings is 1. The summed E-state index contributed by atoms with van der Waals surface area (Å²) < 4.78 is 14.9. The summed E-state index contributed by atoms with van der Waals surface area (Å²) in [5, 5.41) is 11.0. The fraction of sp³-hybridized carbons (Fsp3) is 0.364. The Bertz CT molecular complexity index is 483. The smallest absolute Gasteiger partial charge is 0.298 e. The monoisotopic (exact) mass is 253 g/mol. The van der Waals surface area contributed by atoms with Crippen LogP contribution >= 0.6 is 0 Å². The SMILES string of the molecule is COc1ccc([N+](=O)[O-])c(CC2CO2)c1OC=O. The van der Waals surface area contributed by atoms with Crippen LogP contribution in [0.4, 0.5) is 5.69 Å². The van der Waals surface area contributed by atoms with E-state index in [1.165, 1.54) is 19.2 Å². The highest BCUT2D eigenvalue weighted by atomic mass is 16.6. The second-order valence-electron chi connectivity index (χ2n) is 3.73. The molecule has 1 aromatic rings. The second kappa shape index (κ2) is 5.01. The Morgan fingerprint density at radius 3 is 2.83 bits per heavy atom. The van der Waals surface area contributed by atoms with Gasteiger partial charge in [-0.2, -0.15) is 0 Å². The summed E-state index contributed by atoms with van der Waals surface area (Å²) in [7, 11) is 1.40. The predicted octanol–water partition coefficient (Wildman–Crippen LogP) is 1.08. The van der Waals surface area contributed by atoms with Crippen molar-refractivity contribution in [1.29, 1.82) is 0 Å². The molecule has 1 saturated heterocycles. The predicted molar refractivity (Wildman–Crippen MR) is 59.8 cm³/mol. The van der Waals surface area contributed by atoms with E-state index in [0.717, 1.165) is 0 Å². The zero-order chi connectivity index (χ0) is 13.1. The molecule has 0 amide bonds. The lowest BCUT2D eigenvalue weighted by Gasteiger charge is -2.11. The van der Waals surface area contributed by atoms with Gasteiger partial charge in [0.05, 0.1) is 30.3 Å². The molecule has 0 aromatic heterocycles. The van der Waals surface area contributed by atoms with Crippen LogP contribution in [0.15, 0.2) is 12.1 Å². The lowest BCUT2D eigenvalue weighted by Crippen LogP contribution is -2.05. The van der Waals surface area contributed by atoms with Gasteiger partial charge in [0.1, 0.15) is 0 Å². The number of methoxy groups -OCH3 is 1. The van der Waals surface area contributed by atoms with Crippen molar-refractivity contribution in [2.75, 3.05) is 13.7 Å². The maximum Gasteiger partial charge on any atom is 0.298 e. The Morgan fingerprint density at radius 2 is 2.33 bits per heavy atom. The normalized spacial score (nSPS) is 17.1. The quantitative estimate of drug-likeness (QED) is 0.326. The number of nitro groups is 1. The van der Waals surface area contributed by atoms with E-state index in [4.69, 9.17) is 14.2 Å². The molecular weight excluding hydrogens is 242 g/mol. The molecule has 1 aliphatic rings. The van der Waals surface area contributed by atoms with E-state index < -0.39 is 4.92 Å². The highest BCUT2D eigenvalue weighted by Crippen LogP contribution is 2.39. The third kappa shape index (κ3) is 2.40. The van der Waals surface area contributed by atoms with Crippen molar-refractivity contribution in [2.45, 2.75) is 12.5 Å². The summed E-state index contributed by atoms with van der Waals surface area (Å²) in [6, 6.07) is 2.72. The van der Waals surface area contributed by atoms with Gasteiger partial charge in [0.15, 0.2) is 11.5 Å². The van der Waals surface area contributed by atoms with E-state index in [-0.39, 0.29) is 29.8 Å². The van der Waals surface area contributed by atoms with E-state index in [1.54, 1.807) is 0 Å². The van der Waals surface area contributed by atoms with Gasteiger partial charge in [0, 0.05) is 12.5 Å². The molecule has 1 unspecified atom stereocenters. The summed E-state index contributed by atoms with van der Waals surface area (Å²) in [5.41, 5.74) is 0.206. The zero-order valence-electron chi connectivity index (χ0n) is 9.62. The van der Waals surface area contributed by atoms with Gasteiger partial charge in [0.2, 0.25) is 0 Å². The van der Waals surface area contributed by atoms with Gasteiger partial charge in [-0.3, -0.25) is 14.9 Å². The van der Waals surface area contributed by atoms with Gasteiger partial charge >= 0.3 is 0 Å². The van der Waals surface area contributed by atoms with Gasteiger partial charge < -0.3 is 14.2 Å². The van der Waals surface area contributed by atoms with Crippen LogP contribution < -0.4 is 9.47 Å². The lowest BCUT2D eigenvalue weighted by atomic mass is 10.1. The molecule has 1 heterocycles. The largest absolute Gasteiger partial charge is 0.493 e. The van der Waals surface area contributed by atoms with Gasteiger partial charge in [-0.05, 0) is 6.07 Å². The number of carbonyl (C=O) groups excluding carboxylic acids is 1. The van der Waals surface area contributed by atoms with E-state index in [9.17, 15) is 14.9 Å². The van der Waals surface area contributed by atoms with Crippen LogP contribution in [0.3, 0.4) is 0 Å². The zero-order valence-corrected chi connectivity index (χ0v) is 9.62. The molecule has 0 saturated carbocycles. The van der Waals surface area contributed by atoms with Crippen LogP contribution in [0.25, 0.3) is 0 Å². The average Bonchev–Trinajstić information content (AvgIpc) is 3.14. The number of nitrogens with zero attached hydrogens (tertiary/aromatic N) is 1. The third-order valence-corrected chi connectivity index (χ3v) is 2.62. The third-order valence-electron chi connectivity index (χ3n) is 2.62. The fourth-order valence-corrected chi connectivity index (χ4v) is 1.72. The van der Waals surface area contributed by atoms with Crippen molar-refractivity contribution < 1.29 is 23.9 Å². The minimum absolute atomic E-state index is 0.0650. The van der Waals surface area contributed by atoms with Crippen LogP contribution in [0.1, 0.15) is 5.56 Å². The Kier molecular flexibility index (Phi) is 3.42. The molecule has 1 aliphatic heterocycles. The number of ether oxygens (including phenoxy) is 3. The highest BCUT2D eigenvalue weighted by Gasteiger charge is 2.31. The second-order valence-corrected chi connectivity index (χ2v) is 3.73. The van der Waals surface area contributed by atoms with Crippen LogP contribution in [0, 0.1) is 10.1 Å². The first-order valence-corrected chi connectivity index (χ1v) is 5.23. The van der Waals surface area contributed by atoms with Crippen molar-refractivity contribution in [3.63, 3.8) is 0 Å². The summed E-state index contributed by atoms with van der Waals surface area (Å²) >= 11 is 0. The van der Waals surface area contributed by atoms with E-state index >= 15 is 0 Å². The molecule has 0 N–H and O–H groups in total. The minimum Gasteiger partial charge on any atom is -0.493 e. The Balaban J connectivity index is 2.50. The maximum absolute atomic E-state index is 11.0. The molecule has 7 nitrogen and oxygen atoms in total. The molecule has 18 heavy (non-hydrogen) atoms. The number of hydrogen-bond acceptors (Lipinski definition) is 6. The molecule has 1 atom stereocenters. The molecule has 1 aromatic carbocycles. The van der Waals surface area contributed by atoms with Crippen LogP contribution in [0.2, 0.25) is 0 Å². The Labute approximate surface area is 102 Å². The molecule has 1 fully saturated rings. The van der Waals surface area contributed by atoms with Crippen LogP contribution in [-0.2, 0) is 16.0 Å². The van der Waals surface area contributed by atoms with Crippen molar-refractivity contribution in [3.05, 3.63) is 27.8 Å². The highest BCUT2D eigenvalue weighted by molar-refractivity contribution is 5.61. The van der Waals surface area contributed by atoms with Gasteiger partial charge in [-0.1, -0.05) is 0 Å². The van der Waals surface area contributed by atoms with Gasteiger partial charge in [-0.25, -0.2) is 0 Å². The van der Waals surface area contributed by atoms with E-state index in [0.29, 0.717) is 18.6 Å². The van der Waals surface area contributed by atoms with Crippen molar-refractivity contribution in [1.82, 2.24) is 0 Å². The number of hydrogen-bond donors (Lipinski definition) is 0. The molecular formula is C11H11NO6. The van der Waals surface area contributed by atoms with E-state index in [1.807, 2.05) is 0 Å². The molecule has 0 bridgehead atoms. The van der Waals surface area contributed by atoms with E-state index in [2.05, 4.69) is 0 Å². The number of rotatable bonds is 6. The van der Waals surface area contributed by atoms with Gasteiger partial charge in [-0.15, -0.1) is 0 Å². The molecule has 96 valence electrons. The Morgan fingerprint density at radius 1 is 1.61 bits per heavy atom. The van der Waals surface area contributed by atoms with Crippen molar-refractivity contribution >= 4 is 12.2 Å². The fourth-order valence-electron chi connectivity index (χ4n) is 1.72. The summed E-state index contributed by atoms with van der Waals surface area (Å²) in [6.45, 7) is 0.772. The molecule has 2 rings (SSSR count). The Hall–Kier alpha value is -2.15. The van der Waals surface area contributed by atoms with Crippen LogP contribution in [0.5, 0.6) is 11.5 Å². The first-order valence-electron chi connectivity index (χ1n) is 5.23. The summed E-state index contributed by atoms with van der Waals surface area (Å²) in [5.74, 6) is 0.362. The number of nitro benzene ring substituents is 1. The first kappa shape index (κ1) is 12.3. The van der Waals surface area contributed by atoms with Crippen molar-refractivity contribution in [2.24, 2.45) is 0 Å². The number of epoxide rings is 1. The minimum atomic E-state index is -0.519. The summed E-state index contributed by atoms with van der Waals surface area (Å²) in [4.78, 5) is 20.9. The van der Waals surface area contributed by atoms with Gasteiger partial charge in [0.25, 0.3) is 12.2 Å². The van der Waals surface area contributed by atoms with Crippen molar-refractivity contribution in [3.8, 4) is 11.5 Å². The molecule has 7 heteroatoms. The standard InChI is InChI=1S/C11H11NO6/c1-16-10-3-2-9(12(14)15)8(4-7-5-17-7)11(10)18-6-13/h2-3,6-7H,4-5H2,1H3.